The van der Waals surface area contributed by atoms with E-state index in [0.29, 0.717) is 43.1 Å². The molecule has 0 N–H and O–H groups in total. The molecule has 3 aliphatic heterocycles. The second-order valence-corrected chi connectivity index (χ2v) is 13.8. The molecule has 1 atom stereocenters. The number of benzene rings is 2. The summed E-state index contributed by atoms with van der Waals surface area (Å²) in [6.07, 6.45) is 6.90. The number of anilines is 1. The third-order valence-corrected chi connectivity index (χ3v) is 10.8. The van der Waals surface area contributed by atoms with E-state index >= 15 is 0 Å². The van der Waals surface area contributed by atoms with Gasteiger partial charge < -0.3 is 19.1 Å². The van der Waals surface area contributed by atoms with Crippen LogP contribution in [0, 0.1) is 0 Å². The van der Waals surface area contributed by atoms with Gasteiger partial charge >= 0.3 is 0 Å². The lowest BCUT2D eigenvalue weighted by atomic mass is 10.0. The van der Waals surface area contributed by atoms with Crippen LogP contribution in [0.5, 0.6) is 0 Å². The highest BCUT2D eigenvalue weighted by atomic mass is 79.9. The second kappa shape index (κ2) is 11.0. The molecule has 2 aromatic carbocycles. The van der Waals surface area contributed by atoms with Crippen molar-refractivity contribution in [3.63, 3.8) is 0 Å². The van der Waals surface area contributed by atoms with Gasteiger partial charge in [-0.2, -0.15) is 4.31 Å². The Kier molecular flexibility index (Phi) is 7.56. The fraction of sp³-hybridized carbons (Fsp3) is 0.400. The van der Waals surface area contributed by atoms with Crippen molar-refractivity contribution in [3.05, 3.63) is 58.2 Å². The number of amides is 2. The Morgan fingerprint density at radius 3 is 2.63 bits per heavy atom. The normalized spacial score (nSPS) is 21.2. The van der Waals surface area contributed by atoms with Crippen LogP contribution in [-0.2, 0) is 30.9 Å². The standard InChI is InChI=1S/C30H33BrN4O5S/c1-20-5-3-4-10-35(20)29(36)19-33-18-21(24-16-22(31)6-8-28(24)33)15-26-25-17-23(7-9-27(25)32(2)30(26)37)41(38,39)34-11-13-40-14-12-34/h6-9,15-18,20H,3-5,10-14,19H2,1-2H3. The number of hydrogen-bond donors (Lipinski definition) is 0. The van der Waals surface area contributed by atoms with Gasteiger partial charge in [0.15, 0.2) is 0 Å². The molecule has 216 valence electrons. The van der Waals surface area contributed by atoms with Crippen LogP contribution in [0.25, 0.3) is 22.6 Å². The first-order valence-electron chi connectivity index (χ1n) is 13.9. The quantitative estimate of drug-likeness (QED) is 0.387. The number of morpholine rings is 1. The summed E-state index contributed by atoms with van der Waals surface area (Å²) in [5, 5.41) is 0.896. The zero-order valence-electron chi connectivity index (χ0n) is 23.2. The molecule has 3 aromatic rings. The van der Waals surface area contributed by atoms with Gasteiger partial charge in [-0.3, -0.25) is 9.59 Å². The zero-order valence-corrected chi connectivity index (χ0v) is 25.6. The Hall–Kier alpha value is -2.99. The third kappa shape index (κ3) is 5.13. The van der Waals surface area contributed by atoms with Crippen molar-refractivity contribution in [3.8, 4) is 0 Å². The van der Waals surface area contributed by atoms with Crippen LogP contribution in [0.1, 0.15) is 37.3 Å². The molecule has 2 amide bonds. The highest BCUT2D eigenvalue weighted by Crippen LogP contribution is 2.40. The topological polar surface area (TPSA) is 92.2 Å². The molecule has 0 aliphatic carbocycles. The Labute approximate surface area is 248 Å². The van der Waals surface area contributed by atoms with E-state index in [0.717, 1.165) is 46.7 Å². The number of sulfonamides is 1. The number of fused-ring (bicyclic) bond motifs is 2. The molecule has 0 bridgehead atoms. The average Bonchev–Trinajstić information content (AvgIpc) is 3.42. The first-order chi connectivity index (χ1) is 19.6. The Balaban J connectivity index is 1.40. The molecule has 0 spiro atoms. The predicted octanol–water partition coefficient (Wildman–Crippen LogP) is 4.34. The highest BCUT2D eigenvalue weighted by molar-refractivity contribution is 9.10. The van der Waals surface area contributed by atoms with Gasteiger partial charge in [-0.15, -0.1) is 0 Å². The van der Waals surface area contributed by atoms with Crippen LogP contribution in [-0.4, -0.2) is 79.9 Å². The Morgan fingerprint density at radius 1 is 1.10 bits per heavy atom. The Bertz CT molecular complexity index is 1680. The minimum absolute atomic E-state index is 0.0798. The van der Waals surface area contributed by atoms with Crippen LogP contribution >= 0.6 is 15.9 Å². The van der Waals surface area contributed by atoms with Gasteiger partial charge in [0, 0.05) is 71.0 Å². The smallest absolute Gasteiger partial charge is 0.258 e. The van der Waals surface area contributed by atoms with Gasteiger partial charge in [-0.25, -0.2) is 8.42 Å². The van der Waals surface area contributed by atoms with E-state index < -0.39 is 10.0 Å². The van der Waals surface area contributed by atoms with E-state index in [2.05, 4.69) is 22.9 Å². The predicted molar refractivity (Wildman–Crippen MR) is 162 cm³/mol. The number of aromatic nitrogens is 1. The van der Waals surface area contributed by atoms with Crippen molar-refractivity contribution < 1.29 is 22.7 Å². The summed E-state index contributed by atoms with van der Waals surface area (Å²) in [7, 11) is -2.05. The molecule has 9 nitrogen and oxygen atoms in total. The highest BCUT2D eigenvalue weighted by Gasteiger charge is 2.34. The van der Waals surface area contributed by atoms with Gasteiger partial charge in [0.2, 0.25) is 15.9 Å². The molecule has 2 fully saturated rings. The molecular formula is C30H33BrN4O5S. The van der Waals surface area contributed by atoms with E-state index in [1.54, 1.807) is 30.1 Å². The lowest BCUT2D eigenvalue weighted by Gasteiger charge is -2.33. The molecule has 1 unspecified atom stereocenters. The molecule has 1 aromatic heterocycles. The van der Waals surface area contributed by atoms with E-state index in [1.165, 1.54) is 4.31 Å². The van der Waals surface area contributed by atoms with E-state index in [9.17, 15) is 18.0 Å². The van der Waals surface area contributed by atoms with Gasteiger partial charge in [0.05, 0.1) is 23.8 Å². The molecule has 3 aliphatic rings. The second-order valence-electron chi connectivity index (χ2n) is 10.9. The summed E-state index contributed by atoms with van der Waals surface area (Å²) in [5.41, 5.74) is 3.31. The van der Waals surface area contributed by atoms with E-state index in [-0.39, 0.29) is 29.3 Å². The number of carbonyl (C=O) groups is 2. The first kappa shape index (κ1) is 28.1. The molecule has 0 radical (unpaired) electrons. The van der Waals surface area contributed by atoms with Crippen LogP contribution in [0.4, 0.5) is 5.69 Å². The van der Waals surface area contributed by atoms with Crippen LogP contribution in [0.2, 0.25) is 0 Å². The van der Waals surface area contributed by atoms with Crippen molar-refractivity contribution in [1.29, 1.82) is 0 Å². The average molecular weight is 642 g/mol. The molecule has 41 heavy (non-hydrogen) atoms. The maximum Gasteiger partial charge on any atom is 0.258 e. The number of carbonyl (C=O) groups excluding carboxylic acids is 2. The van der Waals surface area contributed by atoms with Gasteiger partial charge in [-0.05, 0) is 68.7 Å². The maximum atomic E-state index is 13.5. The third-order valence-electron chi connectivity index (χ3n) is 8.37. The number of piperidine rings is 1. The van der Waals surface area contributed by atoms with Crippen LogP contribution in [0.3, 0.4) is 0 Å². The minimum atomic E-state index is -3.74. The summed E-state index contributed by atoms with van der Waals surface area (Å²) < 4.78 is 36.4. The Morgan fingerprint density at radius 2 is 1.88 bits per heavy atom. The van der Waals surface area contributed by atoms with Gasteiger partial charge in [-0.1, -0.05) is 15.9 Å². The van der Waals surface area contributed by atoms with E-state index in [1.807, 2.05) is 39.9 Å². The fourth-order valence-corrected chi connectivity index (χ4v) is 7.86. The summed E-state index contributed by atoms with van der Waals surface area (Å²) >= 11 is 3.57. The summed E-state index contributed by atoms with van der Waals surface area (Å²) in [6, 6.07) is 11.0. The molecule has 0 saturated carbocycles. The molecular weight excluding hydrogens is 608 g/mol. The zero-order chi connectivity index (χ0) is 28.9. The summed E-state index contributed by atoms with van der Waals surface area (Å²) in [4.78, 5) is 30.4. The monoisotopic (exact) mass is 640 g/mol. The summed E-state index contributed by atoms with van der Waals surface area (Å²) in [6.45, 7) is 4.39. The maximum absolute atomic E-state index is 13.5. The SMILES string of the molecule is CC1CCCCN1C(=O)Cn1cc(C=C2C(=O)N(C)c3ccc(S(=O)(=O)N4CCOCC4)cc32)c2cc(Br)ccc21. The first-order valence-corrected chi connectivity index (χ1v) is 16.2. The number of halogens is 1. The number of likely N-dealkylation sites (tertiary alicyclic amines) is 1. The lowest BCUT2D eigenvalue weighted by molar-refractivity contribution is -0.135. The van der Waals surface area contributed by atoms with Crippen LogP contribution < -0.4 is 4.90 Å². The van der Waals surface area contributed by atoms with Gasteiger partial charge in [0.1, 0.15) is 6.54 Å². The number of likely N-dealkylation sites (N-methyl/N-ethyl adjacent to an activating group) is 1. The molecule has 11 heteroatoms. The molecule has 6 rings (SSSR count). The van der Waals surface area contributed by atoms with E-state index in [4.69, 9.17) is 4.74 Å². The molecule has 4 heterocycles. The summed E-state index contributed by atoms with van der Waals surface area (Å²) in [5.74, 6) is -0.133. The van der Waals surface area contributed by atoms with Crippen molar-refractivity contribution in [1.82, 2.24) is 13.8 Å². The van der Waals surface area contributed by atoms with Crippen LogP contribution in [0.15, 0.2) is 52.0 Å². The number of hydrogen-bond acceptors (Lipinski definition) is 5. The molecule has 2 saturated heterocycles. The van der Waals surface area contributed by atoms with Crippen molar-refractivity contribution in [2.75, 3.05) is 44.8 Å². The van der Waals surface area contributed by atoms with Gasteiger partial charge in [0.25, 0.3) is 5.91 Å². The van der Waals surface area contributed by atoms with Crippen molar-refractivity contribution in [2.45, 2.75) is 43.7 Å². The number of ether oxygens (including phenoxy) is 1. The van der Waals surface area contributed by atoms with Crippen molar-refractivity contribution >= 4 is 66.0 Å². The number of nitrogens with zero attached hydrogens (tertiary/aromatic N) is 4. The lowest BCUT2D eigenvalue weighted by Crippen LogP contribution is -2.43. The van der Waals surface area contributed by atoms with Crippen molar-refractivity contribution in [2.24, 2.45) is 0 Å². The fourth-order valence-electron chi connectivity index (χ4n) is 6.07. The minimum Gasteiger partial charge on any atom is -0.379 e. The number of rotatable bonds is 5. The largest absolute Gasteiger partial charge is 0.379 e.